The lowest BCUT2D eigenvalue weighted by molar-refractivity contribution is -0.132. The monoisotopic (exact) mass is 330 g/mol. The molecule has 2 aliphatic rings. The van der Waals surface area contributed by atoms with Gasteiger partial charge in [-0.2, -0.15) is 0 Å². The minimum Gasteiger partial charge on any atom is -0.484 e. The number of carbonyl (C=O) groups is 2. The Morgan fingerprint density at radius 2 is 2.04 bits per heavy atom. The van der Waals surface area contributed by atoms with Crippen LogP contribution in [0.5, 0.6) is 5.75 Å². The molecule has 0 radical (unpaired) electrons. The van der Waals surface area contributed by atoms with Crippen LogP contribution in [0, 0.1) is 5.41 Å². The van der Waals surface area contributed by atoms with Crippen LogP contribution < -0.4 is 10.1 Å². The lowest BCUT2D eigenvalue weighted by Crippen LogP contribution is -2.43. The van der Waals surface area contributed by atoms with E-state index in [9.17, 15) is 9.59 Å². The van der Waals surface area contributed by atoms with E-state index >= 15 is 0 Å². The largest absolute Gasteiger partial charge is 0.484 e. The molecule has 1 amide bonds. The van der Waals surface area contributed by atoms with Crippen molar-refractivity contribution in [3.05, 3.63) is 29.8 Å². The van der Waals surface area contributed by atoms with E-state index in [0.29, 0.717) is 17.7 Å². The highest BCUT2D eigenvalue weighted by Gasteiger charge is 2.40. The zero-order valence-electron chi connectivity index (χ0n) is 14.3. The quantitative estimate of drug-likeness (QED) is 0.842. The Bertz CT molecular complexity index is 591. The number of likely N-dealkylation sites (tertiary alicyclic amines) is 1. The van der Waals surface area contributed by atoms with E-state index in [1.165, 1.54) is 12.8 Å². The summed E-state index contributed by atoms with van der Waals surface area (Å²) < 4.78 is 5.61. The van der Waals surface area contributed by atoms with Crippen LogP contribution >= 0.6 is 0 Å². The van der Waals surface area contributed by atoms with Gasteiger partial charge in [0, 0.05) is 37.0 Å². The van der Waals surface area contributed by atoms with E-state index in [0.717, 1.165) is 32.6 Å². The van der Waals surface area contributed by atoms with Gasteiger partial charge >= 0.3 is 0 Å². The molecule has 2 fully saturated rings. The first-order valence-electron chi connectivity index (χ1n) is 8.86. The number of nitrogens with zero attached hydrogens (tertiary/aromatic N) is 1. The van der Waals surface area contributed by atoms with Gasteiger partial charge in [0.2, 0.25) is 0 Å². The Morgan fingerprint density at radius 1 is 1.25 bits per heavy atom. The van der Waals surface area contributed by atoms with Crippen LogP contribution in [-0.2, 0) is 4.79 Å². The average Bonchev–Trinajstić information content (AvgIpc) is 3.03. The molecule has 0 bridgehead atoms. The lowest BCUT2D eigenvalue weighted by Gasteiger charge is -2.33. The zero-order chi connectivity index (χ0) is 17.0. The summed E-state index contributed by atoms with van der Waals surface area (Å²) in [6.45, 7) is 5.68. The second-order valence-electron chi connectivity index (χ2n) is 6.94. The lowest BCUT2D eigenvalue weighted by atomic mass is 9.80. The smallest absolute Gasteiger partial charge is 0.260 e. The standard InChI is InChI=1S/C19H26N2O3/c1-2-17(22)15-4-6-16(7-5-15)24-12-18(23)21-11-9-19(14-21)8-3-10-20-13-19/h4-7,20H,2-3,8-14H2,1H3. The van der Waals surface area contributed by atoms with Crippen LogP contribution in [0.4, 0.5) is 0 Å². The van der Waals surface area contributed by atoms with Gasteiger partial charge < -0.3 is 15.0 Å². The fourth-order valence-electron chi connectivity index (χ4n) is 3.70. The first-order valence-corrected chi connectivity index (χ1v) is 8.86. The topological polar surface area (TPSA) is 58.6 Å². The summed E-state index contributed by atoms with van der Waals surface area (Å²) in [4.78, 5) is 25.9. The Labute approximate surface area is 143 Å². The second-order valence-corrected chi connectivity index (χ2v) is 6.94. The van der Waals surface area contributed by atoms with E-state index < -0.39 is 0 Å². The number of benzene rings is 1. The van der Waals surface area contributed by atoms with Crippen LogP contribution in [-0.4, -0.2) is 49.4 Å². The average molecular weight is 330 g/mol. The van der Waals surface area contributed by atoms with E-state index in [1.807, 2.05) is 11.8 Å². The third-order valence-corrected chi connectivity index (χ3v) is 5.21. The number of ketones is 1. The molecule has 2 saturated heterocycles. The Kier molecular flexibility index (Phi) is 5.19. The van der Waals surface area contributed by atoms with Crippen molar-refractivity contribution in [2.24, 2.45) is 5.41 Å². The number of carbonyl (C=O) groups excluding carboxylic acids is 2. The molecule has 1 N–H and O–H groups in total. The van der Waals surface area contributed by atoms with Crippen LogP contribution in [0.3, 0.4) is 0 Å². The van der Waals surface area contributed by atoms with Crippen molar-refractivity contribution in [1.29, 1.82) is 0 Å². The van der Waals surface area contributed by atoms with E-state index in [2.05, 4.69) is 5.32 Å². The molecule has 3 rings (SSSR count). The number of hydrogen-bond acceptors (Lipinski definition) is 4. The molecule has 1 aromatic carbocycles. The predicted molar refractivity (Wildman–Crippen MR) is 92.3 cm³/mol. The van der Waals surface area contributed by atoms with Gasteiger partial charge in [-0.25, -0.2) is 0 Å². The minimum atomic E-state index is 0.0474. The molecule has 2 heterocycles. The maximum absolute atomic E-state index is 12.4. The molecule has 1 unspecified atom stereocenters. The van der Waals surface area contributed by atoms with Gasteiger partial charge in [0.1, 0.15) is 5.75 Å². The number of ether oxygens (including phenoxy) is 1. The van der Waals surface area contributed by atoms with Crippen molar-refractivity contribution < 1.29 is 14.3 Å². The maximum Gasteiger partial charge on any atom is 0.260 e. The predicted octanol–water partition coefficient (Wildman–Crippen LogP) is 2.26. The van der Waals surface area contributed by atoms with Gasteiger partial charge in [0.25, 0.3) is 5.91 Å². The summed E-state index contributed by atoms with van der Waals surface area (Å²) in [5.41, 5.74) is 0.957. The molecule has 1 atom stereocenters. The van der Waals surface area contributed by atoms with Gasteiger partial charge in [0.15, 0.2) is 12.4 Å². The molecule has 2 aliphatic heterocycles. The Hall–Kier alpha value is -1.88. The molecule has 24 heavy (non-hydrogen) atoms. The SMILES string of the molecule is CCC(=O)c1ccc(OCC(=O)N2CCC3(CCCNC3)C2)cc1. The number of Topliss-reactive ketones (excluding diaryl/α,β-unsaturated/α-hetero) is 1. The molecule has 0 aromatic heterocycles. The maximum atomic E-state index is 12.4. The highest BCUT2D eigenvalue weighted by molar-refractivity contribution is 5.95. The van der Waals surface area contributed by atoms with Gasteiger partial charge in [-0.1, -0.05) is 6.92 Å². The third kappa shape index (κ3) is 3.78. The van der Waals surface area contributed by atoms with Gasteiger partial charge in [-0.05, 0) is 50.1 Å². The summed E-state index contributed by atoms with van der Waals surface area (Å²) in [6.07, 6.45) is 3.97. The molecule has 1 spiro atoms. The Morgan fingerprint density at radius 3 is 2.71 bits per heavy atom. The Balaban J connectivity index is 1.50. The molecule has 5 nitrogen and oxygen atoms in total. The number of hydrogen-bond donors (Lipinski definition) is 1. The van der Waals surface area contributed by atoms with Gasteiger partial charge in [0.05, 0.1) is 0 Å². The number of amides is 1. The van der Waals surface area contributed by atoms with Crippen LogP contribution in [0.15, 0.2) is 24.3 Å². The van der Waals surface area contributed by atoms with Gasteiger partial charge in [-0.3, -0.25) is 9.59 Å². The van der Waals surface area contributed by atoms with E-state index in [-0.39, 0.29) is 23.7 Å². The summed E-state index contributed by atoms with van der Waals surface area (Å²) in [7, 11) is 0. The molecule has 130 valence electrons. The molecule has 1 aromatic rings. The van der Waals surface area contributed by atoms with E-state index in [1.54, 1.807) is 24.3 Å². The fraction of sp³-hybridized carbons (Fsp3) is 0.579. The fourth-order valence-corrected chi connectivity index (χ4v) is 3.70. The molecular weight excluding hydrogens is 304 g/mol. The number of piperidine rings is 1. The molecule has 5 heteroatoms. The van der Waals surface area contributed by atoms with Crippen LogP contribution in [0.2, 0.25) is 0 Å². The zero-order valence-corrected chi connectivity index (χ0v) is 14.3. The van der Waals surface area contributed by atoms with Crippen molar-refractivity contribution >= 4 is 11.7 Å². The van der Waals surface area contributed by atoms with Crippen LogP contribution in [0.25, 0.3) is 0 Å². The van der Waals surface area contributed by atoms with Crippen LogP contribution in [0.1, 0.15) is 43.0 Å². The first-order chi connectivity index (χ1) is 11.6. The summed E-state index contributed by atoms with van der Waals surface area (Å²) in [6, 6.07) is 7.02. The minimum absolute atomic E-state index is 0.0474. The highest BCUT2D eigenvalue weighted by Crippen LogP contribution is 2.36. The highest BCUT2D eigenvalue weighted by atomic mass is 16.5. The second kappa shape index (κ2) is 7.34. The molecular formula is C19H26N2O3. The molecule has 0 aliphatic carbocycles. The summed E-state index contributed by atoms with van der Waals surface area (Å²) in [5, 5.41) is 3.46. The van der Waals surface area contributed by atoms with Crippen molar-refractivity contribution in [1.82, 2.24) is 10.2 Å². The van der Waals surface area contributed by atoms with Crippen molar-refractivity contribution in [3.63, 3.8) is 0 Å². The van der Waals surface area contributed by atoms with Gasteiger partial charge in [-0.15, -0.1) is 0 Å². The number of nitrogens with one attached hydrogen (secondary N) is 1. The van der Waals surface area contributed by atoms with Crippen molar-refractivity contribution in [3.8, 4) is 5.75 Å². The number of rotatable bonds is 5. The molecule has 0 saturated carbocycles. The van der Waals surface area contributed by atoms with Crippen molar-refractivity contribution in [2.75, 3.05) is 32.8 Å². The summed E-state index contributed by atoms with van der Waals surface area (Å²) >= 11 is 0. The first kappa shape index (κ1) is 17.0. The third-order valence-electron chi connectivity index (χ3n) is 5.21. The van der Waals surface area contributed by atoms with Crippen molar-refractivity contribution in [2.45, 2.75) is 32.6 Å². The van der Waals surface area contributed by atoms with E-state index in [4.69, 9.17) is 4.74 Å². The summed E-state index contributed by atoms with van der Waals surface area (Å²) in [5.74, 6) is 0.788. The normalized spacial score (nSPS) is 23.5.